The van der Waals surface area contributed by atoms with Crippen LogP contribution in [-0.2, 0) is 6.42 Å². The van der Waals surface area contributed by atoms with E-state index in [0.717, 1.165) is 24.6 Å². The third-order valence-electron chi connectivity index (χ3n) is 3.52. The van der Waals surface area contributed by atoms with Gasteiger partial charge in [0.15, 0.2) is 0 Å². The van der Waals surface area contributed by atoms with Crippen LogP contribution in [-0.4, -0.2) is 40.6 Å². The Balaban J connectivity index is 2.26. The lowest BCUT2D eigenvalue weighted by atomic mass is 10.1. The quantitative estimate of drug-likeness (QED) is 0.847. The van der Waals surface area contributed by atoms with Gasteiger partial charge in [-0.15, -0.1) is 11.3 Å². The highest BCUT2D eigenvalue weighted by molar-refractivity contribution is 7.14. The van der Waals surface area contributed by atoms with Gasteiger partial charge in [0, 0.05) is 18.5 Å². The molecule has 0 radical (unpaired) electrons. The van der Waals surface area contributed by atoms with E-state index in [1.807, 2.05) is 0 Å². The summed E-state index contributed by atoms with van der Waals surface area (Å²) in [7, 11) is 0. The van der Waals surface area contributed by atoms with E-state index in [-0.39, 0.29) is 10.7 Å². The van der Waals surface area contributed by atoms with Crippen molar-refractivity contribution < 1.29 is 14.3 Å². The third kappa shape index (κ3) is 3.90. The zero-order chi connectivity index (χ0) is 16.1. The van der Waals surface area contributed by atoms with Crippen molar-refractivity contribution in [2.75, 3.05) is 19.6 Å². The highest BCUT2D eigenvalue weighted by Gasteiger charge is 2.19. The summed E-state index contributed by atoms with van der Waals surface area (Å²) in [5, 5.41) is 10.1. The number of likely N-dealkylation sites (N-methyl/N-ethyl adjacent to an activating group) is 1. The molecule has 2 aromatic rings. The van der Waals surface area contributed by atoms with Crippen LogP contribution in [0.2, 0.25) is 0 Å². The smallest absolute Gasteiger partial charge is 0.348 e. The Morgan fingerprint density at radius 1 is 1.27 bits per heavy atom. The Morgan fingerprint density at radius 3 is 2.45 bits per heavy atom. The molecular weight excluding hydrogens is 303 g/mol. The number of hydrogen-bond acceptors (Lipinski definition) is 4. The second-order valence-electron chi connectivity index (χ2n) is 4.87. The van der Waals surface area contributed by atoms with Crippen molar-refractivity contribution in [2.24, 2.45) is 0 Å². The van der Waals surface area contributed by atoms with Crippen molar-refractivity contribution in [3.05, 3.63) is 40.0 Å². The van der Waals surface area contributed by atoms with E-state index in [1.54, 1.807) is 12.1 Å². The van der Waals surface area contributed by atoms with Crippen LogP contribution >= 0.6 is 11.3 Å². The van der Waals surface area contributed by atoms with Gasteiger partial charge in [0.1, 0.15) is 10.7 Å². The Bertz CT molecular complexity index is 636. The van der Waals surface area contributed by atoms with Crippen LogP contribution in [0.3, 0.4) is 0 Å². The maximum Gasteiger partial charge on any atom is 0.348 e. The van der Waals surface area contributed by atoms with Crippen LogP contribution < -0.4 is 0 Å². The summed E-state index contributed by atoms with van der Waals surface area (Å²) in [6.07, 6.45) is 0.716. The summed E-state index contributed by atoms with van der Waals surface area (Å²) < 4.78 is 13.0. The minimum Gasteiger partial charge on any atom is -0.477 e. The fraction of sp³-hybridized carbons (Fsp3) is 0.375. The lowest BCUT2D eigenvalue weighted by molar-refractivity contribution is 0.0702. The molecule has 6 heteroatoms. The van der Waals surface area contributed by atoms with Crippen molar-refractivity contribution >= 4 is 17.3 Å². The number of carbonyl (C=O) groups is 1. The molecule has 0 aliphatic rings. The number of hydrogen-bond donors (Lipinski definition) is 1. The number of nitrogens with zero attached hydrogens (tertiary/aromatic N) is 2. The van der Waals surface area contributed by atoms with Crippen LogP contribution in [0.5, 0.6) is 0 Å². The normalized spacial score (nSPS) is 11.1. The van der Waals surface area contributed by atoms with Gasteiger partial charge in [-0.1, -0.05) is 13.8 Å². The van der Waals surface area contributed by atoms with Crippen molar-refractivity contribution in [1.29, 1.82) is 0 Å². The van der Waals surface area contributed by atoms with Gasteiger partial charge in [0.25, 0.3) is 0 Å². The van der Waals surface area contributed by atoms with Gasteiger partial charge in [-0.05, 0) is 37.4 Å². The molecule has 0 aliphatic heterocycles. The minimum absolute atomic E-state index is 0.209. The summed E-state index contributed by atoms with van der Waals surface area (Å²) in [4.78, 5) is 18.3. The number of halogens is 1. The van der Waals surface area contributed by atoms with Crippen molar-refractivity contribution in [2.45, 2.75) is 20.3 Å². The van der Waals surface area contributed by atoms with Crippen LogP contribution in [0.4, 0.5) is 4.39 Å². The Kier molecular flexibility index (Phi) is 5.63. The van der Waals surface area contributed by atoms with Gasteiger partial charge in [0.05, 0.1) is 10.7 Å². The fourth-order valence-electron chi connectivity index (χ4n) is 2.21. The van der Waals surface area contributed by atoms with Gasteiger partial charge in [0.2, 0.25) is 0 Å². The summed E-state index contributed by atoms with van der Waals surface area (Å²) in [6.45, 7) is 6.95. The molecule has 0 saturated heterocycles. The summed E-state index contributed by atoms with van der Waals surface area (Å²) >= 11 is 1.20. The first kappa shape index (κ1) is 16.6. The van der Waals surface area contributed by atoms with Gasteiger partial charge >= 0.3 is 5.97 Å². The molecule has 0 spiro atoms. The predicted molar refractivity (Wildman–Crippen MR) is 86.0 cm³/mol. The number of carboxylic acid groups (broad SMARTS) is 1. The SMILES string of the molecule is CCN(CC)CCc1nc(-c2ccc(F)cc2)c(C(=O)O)s1. The van der Waals surface area contributed by atoms with Crippen LogP contribution in [0, 0.1) is 5.82 Å². The first-order valence-electron chi connectivity index (χ1n) is 7.26. The average molecular weight is 322 g/mol. The molecule has 1 N–H and O–H groups in total. The first-order chi connectivity index (χ1) is 10.5. The van der Waals surface area contributed by atoms with Crippen molar-refractivity contribution in [1.82, 2.24) is 9.88 Å². The van der Waals surface area contributed by atoms with Gasteiger partial charge in [-0.3, -0.25) is 0 Å². The van der Waals surface area contributed by atoms with E-state index in [1.165, 1.54) is 23.5 Å². The zero-order valence-electron chi connectivity index (χ0n) is 12.7. The molecule has 1 aromatic carbocycles. The molecule has 0 saturated carbocycles. The van der Waals surface area contributed by atoms with Gasteiger partial charge < -0.3 is 10.0 Å². The second-order valence-corrected chi connectivity index (χ2v) is 5.96. The van der Waals surface area contributed by atoms with Crippen LogP contribution in [0.25, 0.3) is 11.3 Å². The third-order valence-corrected chi connectivity index (χ3v) is 4.62. The Morgan fingerprint density at radius 2 is 1.91 bits per heavy atom. The summed E-state index contributed by atoms with van der Waals surface area (Å²) in [5.74, 6) is -1.34. The average Bonchev–Trinajstić information content (AvgIpc) is 2.93. The molecule has 22 heavy (non-hydrogen) atoms. The van der Waals surface area contributed by atoms with Crippen molar-refractivity contribution in [3.63, 3.8) is 0 Å². The maximum atomic E-state index is 13.0. The Labute approximate surface area is 133 Å². The molecule has 2 rings (SSSR count). The second kappa shape index (κ2) is 7.47. The lowest BCUT2D eigenvalue weighted by Gasteiger charge is -2.16. The molecular formula is C16H19FN2O2S. The molecule has 1 heterocycles. The van der Waals surface area contributed by atoms with E-state index in [0.29, 0.717) is 17.7 Å². The van der Waals surface area contributed by atoms with Crippen LogP contribution in [0.15, 0.2) is 24.3 Å². The molecule has 0 aliphatic carbocycles. The van der Waals surface area contributed by atoms with Crippen molar-refractivity contribution in [3.8, 4) is 11.3 Å². The first-order valence-corrected chi connectivity index (χ1v) is 8.08. The van der Waals surface area contributed by atoms with Gasteiger partial charge in [-0.2, -0.15) is 0 Å². The summed E-state index contributed by atoms with van der Waals surface area (Å²) in [6, 6.07) is 5.75. The lowest BCUT2D eigenvalue weighted by Crippen LogP contribution is -2.25. The van der Waals surface area contributed by atoms with E-state index >= 15 is 0 Å². The van der Waals surface area contributed by atoms with E-state index in [2.05, 4.69) is 23.7 Å². The number of rotatable bonds is 7. The number of carboxylic acids is 1. The molecule has 0 atom stereocenters. The van der Waals surface area contributed by atoms with E-state index in [4.69, 9.17) is 0 Å². The molecule has 0 bridgehead atoms. The topological polar surface area (TPSA) is 53.4 Å². The largest absolute Gasteiger partial charge is 0.477 e. The van der Waals surface area contributed by atoms with Crippen LogP contribution in [0.1, 0.15) is 28.5 Å². The zero-order valence-corrected chi connectivity index (χ0v) is 13.5. The standard InChI is InChI=1S/C16H19FN2O2S/c1-3-19(4-2)10-9-13-18-14(15(22-13)16(20)21)11-5-7-12(17)8-6-11/h5-8H,3-4,9-10H2,1-2H3,(H,20,21). The summed E-state index contributed by atoms with van der Waals surface area (Å²) in [5.41, 5.74) is 1.05. The predicted octanol–water partition coefficient (Wildman–Crippen LogP) is 3.53. The molecule has 0 amide bonds. The van der Waals surface area contributed by atoms with Gasteiger partial charge in [-0.25, -0.2) is 14.2 Å². The molecule has 118 valence electrons. The highest BCUT2D eigenvalue weighted by atomic mass is 32.1. The number of benzene rings is 1. The molecule has 4 nitrogen and oxygen atoms in total. The highest BCUT2D eigenvalue weighted by Crippen LogP contribution is 2.29. The molecule has 0 unspecified atom stereocenters. The number of aromatic carboxylic acids is 1. The monoisotopic (exact) mass is 322 g/mol. The number of thiazole rings is 1. The van der Waals surface area contributed by atoms with E-state index < -0.39 is 5.97 Å². The Hall–Kier alpha value is -1.79. The maximum absolute atomic E-state index is 13.0. The molecule has 0 fully saturated rings. The molecule has 1 aromatic heterocycles. The minimum atomic E-state index is -0.995. The van der Waals surface area contributed by atoms with E-state index in [9.17, 15) is 14.3 Å². The number of aromatic nitrogens is 1. The fourth-order valence-corrected chi connectivity index (χ4v) is 3.13.